The minimum Gasteiger partial charge on any atom is -0.419 e. The number of amides is 1. The molecule has 0 fully saturated rings. The highest BCUT2D eigenvalue weighted by atomic mass is 16.4. The highest BCUT2D eigenvalue weighted by Crippen LogP contribution is 2.28. The van der Waals surface area contributed by atoms with Crippen LogP contribution >= 0.6 is 0 Å². The number of hydrogen-bond donors (Lipinski definition) is 0. The molecule has 0 bridgehead atoms. The zero-order chi connectivity index (χ0) is 20.4. The van der Waals surface area contributed by atoms with Crippen molar-refractivity contribution in [2.24, 2.45) is 5.92 Å². The van der Waals surface area contributed by atoms with E-state index in [1.54, 1.807) is 0 Å². The van der Waals surface area contributed by atoms with Gasteiger partial charge in [0.05, 0.1) is 0 Å². The van der Waals surface area contributed by atoms with Gasteiger partial charge >= 0.3 is 0 Å². The molecule has 28 heavy (non-hydrogen) atoms. The second-order valence-corrected chi connectivity index (χ2v) is 8.26. The van der Waals surface area contributed by atoms with Crippen LogP contribution < -0.4 is 0 Å². The summed E-state index contributed by atoms with van der Waals surface area (Å²) in [5.41, 5.74) is 1.77. The maximum Gasteiger partial charge on any atom is 0.264 e. The van der Waals surface area contributed by atoms with Crippen molar-refractivity contribution in [3.8, 4) is 11.6 Å². The fraction of sp³-hybridized carbons (Fsp3) is 0.500. The molecule has 0 N–H and O–H groups in total. The largest absolute Gasteiger partial charge is 0.419 e. The number of hydrogen-bond acceptors (Lipinski definition) is 4. The summed E-state index contributed by atoms with van der Waals surface area (Å²) in [6.45, 7) is 12.6. The van der Waals surface area contributed by atoms with E-state index in [1.807, 2.05) is 67.5 Å². The van der Waals surface area contributed by atoms with Crippen LogP contribution in [0.1, 0.15) is 47.4 Å². The lowest BCUT2D eigenvalue weighted by molar-refractivity contribution is -0.135. The van der Waals surface area contributed by atoms with Gasteiger partial charge in [0.25, 0.3) is 5.89 Å². The van der Waals surface area contributed by atoms with Crippen molar-refractivity contribution in [2.75, 3.05) is 0 Å². The second-order valence-electron chi connectivity index (χ2n) is 8.26. The van der Waals surface area contributed by atoms with Crippen molar-refractivity contribution >= 4 is 16.8 Å². The highest BCUT2D eigenvalue weighted by molar-refractivity contribution is 5.88. The SMILES string of the molecule is CC(C)Cc1nnc(-c2cc3ccccc3n2CC(=O)N(C(C)C)C(C)C)o1. The van der Waals surface area contributed by atoms with Crippen LogP contribution in [0.5, 0.6) is 0 Å². The Hall–Kier alpha value is -2.63. The first kappa shape index (κ1) is 20.1. The molecule has 0 atom stereocenters. The number of rotatable bonds is 7. The van der Waals surface area contributed by atoms with Gasteiger partial charge in [0.1, 0.15) is 12.2 Å². The molecular weight excluding hydrogens is 352 g/mol. The van der Waals surface area contributed by atoms with Gasteiger partial charge in [0.2, 0.25) is 11.8 Å². The number of aromatic nitrogens is 3. The van der Waals surface area contributed by atoms with Gasteiger partial charge in [-0.25, -0.2) is 0 Å². The van der Waals surface area contributed by atoms with Crippen LogP contribution in [0.15, 0.2) is 34.7 Å². The van der Waals surface area contributed by atoms with Gasteiger partial charge in [0, 0.05) is 29.4 Å². The quantitative estimate of drug-likeness (QED) is 0.602. The van der Waals surface area contributed by atoms with Crippen molar-refractivity contribution < 1.29 is 9.21 Å². The van der Waals surface area contributed by atoms with Crippen LogP contribution in [0.2, 0.25) is 0 Å². The third kappa shape index (κ3) is 4.11. The molecule has 6 heteroatoms. The lowest BCUT2D eigenvalue weighted by Crippen LogP contribution is -2.43. The van der Waals surface area contributed by atoms with Gasteiger partial charge in [-0.2, -0.15) is 0 Å². The Labute approximate surface area is 166 Å². The minimum atomic E-state index is 0.0783. The van der Waals surface area contributed by atoms with E-state index in [9.17, 15) is 4.79 Å². The average Bonchev–Trinajstić information content (AvgIpc) is 3.18. The predicted molar refractivity (Wildman–Crippen MR) is 111 cm³/mol. The Morgan fingerprint density at radius 3 is 2.39 bits per heavy atom. The predicted octanol–water partition coefficient (Wildman–Crippen LogP) is 4.54. The van der Waals surface area contributed by atoms with Crippen LogP contribution in [0.25, 0.3) is 22.5 Å². The van der Waals surface area contributed by atoms with E-state index in [-0.39, 0.29) is 24.5 Å². The number of carbonyl (C=O) groups is 1. The van der Waals surface area contributed by atoms with Crippen molar-refractivity contribution in [1.82, 2.24) is 19.7 Å². The van der Waals surface area contributed by atoms with Gasteiger partial charge in [-0.1, -0.05) is 32.0 Å². The molecule has 3 aromatic rings. The van der Waals surface area contributed by atoms with E-state index in [0.29, 0.717) is 17.7 Å². The monoisotopic (exact) mass is 382 g/mol. The van der Waals surface area contributed by atoms with E-state index in [0.717, 1.165) is 23.0 Å². The molecule has 3 rings (SSSR count). The molecule has 150 valence electrons. The molecular formula is C22H30N4O2. The molecule has 0 spiro atoms. The zero-order valence-electron chi connectivity index (χ0n) is 17.6. The van der Waals surface area contributed by atoms with Crippen molar-refractivity contribution in [1.29, 1.82) is 0 Å². The summed E-state index contributed by atoms with van der Waals surface area (Å²) in [5.74, 6) is 1.60. The normalized spacial score (nSPS) is 11.9. The van der Waals surface area contributed by atoms with Crippen LogP contribution in [0.3, 0.4) is 0 Å². The van der Waals surface area contributed by atoms with E-state index < -0.39 is 0 Å². The molecule has 2 heterocycles. The van der Waals surface area contributed by atoms with Crippen molar-refractivity contribution in [3.63, 3.8) is 0 Å². The third-order valence-corrected chi connectivity index (χ3v) is 4.77. The average molecular weight is 383 g/mol. The number of fused-ring (bicyclic) bond motifs is 1. The van der Waals surface area contributed by atoms with Crippen LogP contribution in [-0.2, 0) is 17.8 Å². The molecule has 0 aliphatic carbocycles. The Bertz CT molecular complexity index is 945. The molecule has 0 saturated heterocycles. The number of nitrogens with zero attached hydrogens (tertiary/aromatic N) is 4. The molecule has 0 aliphatic heterocycles. The smallest absolute Gasteiger partial charge is 0.264 e. The van der Waals surface area contributed by atoms with Crippen LogP contribution in [0.4, 0.5) is 0 Å². The van der Waals surface area contributed by atoms with E-state index in [2.05, 4.69) is 24.0 Å². The maximum absolute atomic E-state index is 13.1. The van der Waals surface area contributed by atoms with Crippen molar-refractivity contribution in [2.45, 2.75) is 66.6 Å². The van der Waals surface area contributed by atoms with E-state index in [1.165, 1.54) is 0 Å². The van der Waals surface area contributed by atoms with Gasteiger partial charge < -0.3 is 13.9 Å². The molecule has 0 saturated carbocycles. The van der Waals surface area contributed by atoms with Gasteiger partial charge in [0.15, 0.2) is 0 Å². The molecule has 2 aromatic heterocycles. The summed E-state index contributed by atoms with van der Waals surface area (Å²) in [7, 11) is 0. The molecule has 0 radical (unpaired) electrons. The van der Waals surface area contributed by atoms with E-state index in [4.69, 9.17) is 4.42 Å². The Kier molecular flexibility index (Phi) is 5.87. The first-order valence-electron chi connectivity index (χ1n) is 10.00. The molecule has 6 nitrogen and oxygen atoms in total. The van der Waals surface area contributed by atoms with Crippen LogP contribution in [-0.4, -0.2) is 37.7 Å². The van der Waals surface area contributed by atoms with Gasteiger partial charge in [-0.3, -0.25) is 4.79 Å². The molecule has 1 aromatic carbocycles. The zero-order valence-corrected chi connectivity index (χ0v) is 17.6. The minimum absolute atomic E-state index is 0.0783. The lowest BCUT2D eigenvalue weighted by Gasteiger charge is -2.31. The Balaban J connectivity index is 2.02. The topological polar surface area (TPSA) is 64.2 Å². The number of para-hydroxylation sites is 1. The fourth-order valence-electron chi connectivity index (χ4n) is 3.74. The van der Waals surface area contributed by atoms with Gasteiger partial charge in [-0.15, -0.1) is 10.2 Å². The van der Waals surface area contributed by atoms with Gasteiger partial charge in [-0.05, 0) is 45.7 Å². The fourth-order valence-corrected chi connectivity index (χ4v) is 3.74. The summed E-state index contributed by atoms with van der Waals surface area (Å²) in [4.78, 5) is 15.0. The Morgan fingerprint density at radius 2 is 1.75 bits per heavy atom. The van der Waals surface area contributed by atoms with E-state index >= 15 is 0 Å². The Morgan fingerprint density at radius 1 is 1.07 bits per heavy atom. The maximum atomic E-state index is 13.1. The summed E-state index contributed by atoms with van der Waals surface area (Å²) in [6, 6.07) is 10.3. The summed E-state index contributed by atoms with van der Waals surface area (Å²) in [5, 5.41) is 9.50. The standard InChI is InChI=1S/C22H30N4O2/c1-14(2)11-20-23-24-22(28-20)19-12-17-9-7-8-10-18(17)25(19)13-21(27)26(15(3)4)16(5)6/h7-10,12,14-16H,11,13H2,1-6H3. The summed E-state index contributed by atoms with van der Waals surface area (Å²) < 4.78 is 7.91. The first-order chi connectivity index (χ1) is 13.3. The van der Waals surface area contributed by atoms with Crippen molar-refractivity contribution in [3.05, 3.63) is 36.2 Å². The summed E-state index contributed by atoms with van der Waals surface area (Å²) >= 11 is 0. The molecule has 0 aliphatic rings. The highest BCUT2D eigenvalue weighted by Gasteiger charge is 2.24. The number of carbonyl (C=O) groups excluding carboxylic acids is 1. The van der Waals surface area contributed by atoms with Crippen LogP contribution in [0, 0.1) is 5.92 Å². The lowest BCUT2D eigenvalue weighted by atomic mass is 10.1. The molecule has 1 amide bonds. The first-order valence-corrected chi connectivity index (χ1v) is 10.00. The second kappa shape index (κ2) is 8.17. The third-order valence-electron chi connectivity index (χ3n) is 4.77. The molecule has 0 unspecified atom stereocenters. The summed E-state index contributed by atoms with van der Waals surface area (Å²) in [6.07, 6.45) is 0.737. The number of benzene rings is 1.